The molecule has 4 nitrogen and oxygen atoms in total. The summed E-state index contributed by atoms with van der Waals surface area (Å²) in [6.07, 6.45) is 7.90. The van der Waals surface area contributed by atoms with Crippen LogP contribution in [0.5, 0.6) is 11.5 Å². The minimum atomic E-state index is 0.405. The lowest BCUT2D eigenvalue weighted by Gasteiger charge is -2.24. The number of rotatable bonds is 4. The summed E-state index contributed by atoms with van der Waals surface area (Å²) in [4.78, 5) is 2.48. The summed E-state index contributed by atoms with van der Waals surface area (Å²) in [5, 5.41) is 0. The van der Waals surface area contributed by atoms with Crippen molar-refractivity contribution in [3.8, 4) is 11.5 Å². The van der Waals surface area contributed by atoms with Crippen LogP contribution in [0.1, 0.15) is 38.5 Å². The molecule has 0 radical (unpaired) electrons. The van der Waals surface area contributed by atoms with Gasteiger partial charge in [-0.1, -0.05) is 12.8 Å². The summed E-state index contributed by atoms with van der Waals surface area (Å²) in [5.74, 6) is 3.27. The van der Waals surface area contributed by atoms with Crippen LogP contribution in [0, 0.1) is 11.8 Å². The molecule has 2 fully saturated rings. The topological polar surface area (TPSA) is 47.7 Å². The zero-order chi connectivity index (χ0) is 15.6. The SMILES string of the molecule is NC(CC1CCN(c2ccc3c(c2)OCCO3)C1)C1CCCC1. The van der Waals surface area contributed by atoms with Crippen molar-refractivity contribution in [2.45, 2.75) is 44.6 Å². The van der Waals surface area contributed by atoms with E-state index in [2.05, 4.69) is 17.0 Å². The first kappa shape index (κ1) is 15.1. The summed E-state index contributed by atoms with van der Waals surface area (Å²) in [6, 6.07) is 6.74. The van der Waals surface area contributed by atoms with Crippen molar-refractivity contribution >= 4 is 5.69 Å². The van der Waals surface area contributed by atoms with Gasteiger partial charge in [0.2, 0.25) is 0 Å². The molecule has 1 aromatic rings. The maximum atomic E-state index is 6.48. The molecule has 0 spiro atoms. The fraction of sp³-hybridized carbons (Fsp3) is 0.684. The number of hydrogen-bond donors (Lipinski definition) is 1. The lowest BCUT2D eigenvalue weighted by molar-refractivity contribution is 0.171. The van der Waals surface area contributed by atoms with Crippen LogP contribution in [-0.4, -0.2) is 32.3 Å². The highest BCUT2D eigenvalue weighted by Gasteiger charge is 2.29. The van der Waals surface area contributed by atoms with Gasteiger partial charge in [0.25, 0.3) is 0 Å². The first-order chi connectivity index (χ1) is 11.3. The monoisotopic (exact) mass is 316 g/mol. The van der Waals surface area contributed by atoms with Crippen LogP contribution in [0.2, 0.25) is 0 Å². The highest BCUT2D eigenvalue weighted by molar-refractivity contribution is 5.57. The second kappa shape index (κ2) is 6.60. The molecule has 1 saturated carbocycles. The Balaban J connectivity index is 1.36. The Morgan fingerprint density at radius 3 is 2.70 bits per heavy atom. The van der Waals surface area contributed by atoms with Gasteiger partial charge in [-0.25, -0.2) is 0 Å². The van der Waals surface area contributed by atoms with Gasteiger partial charge < -0.3 is 20.1 Å². The number of fused-ring (bicyclic) bond motifs is 1. The Kier molecular flexibility index (Phi) is 4.34. The van der Waals surface area contributed by atoms with Crippen molar-refractivity contribution in [1.82, 2.24) is 0 Å². The average Bonchev–Trinajstić information content (AvgIpc) is 3.26. The number of benzene rings is 1. The third-order valence-corrected chi connectivity index (χ3v) is 5.79. The molecule has 2 atom stereocenters. The van der Waals surface area contributed by atoms with E-state index in [-0.39, 0.29) is 0 Å². The first-order valence-electron chi connectivity index (χ1n) is 9.20. The van der Waals surface area contributed by atoms with Gasteiger partial charge in [-0.05, 0) is 49.7 Å². The van der Waals surface area contributed by atoms with Crippen molar-refractivity contribution in [3.63, 3.8) is 0 Å². The summed E-state index contributed by atoms with van der Waals surface area (Å²) < 4.78 is 11.3. The molecule has 23 heavy (non-hydrogen) atoms. The number of nitrogens with zero attached hydrogens (tertiary/aromatic N) is 1. The van der Waals surface area contributed by atoms with Gasteiger partial charge in [-0.2, -0.15) is 0 Å². The molecule has 3 aliphatic rings. The number of nitrogens with two attached hydrogens (primary N) is 1. The van der Waals surface area contributed by atoms with E-state index in [1.807, 2.05) is 6.07 Å². The van der Waals surface area contributed by atoms with Crippen LogP contribution in [0.25, 0.3) is 0 Å². The largest absolute Gasteiger partial charge is 0.486 e. The van der Waals surface area contributed by atoms with Crippen LogP contribution >= 0.6 is 0 Å². The van der Waals surface area contributed by atoms with E-state index in [0.717, 1.165) is 36.4 Å². The smallest absolute Gasteiger partial charge is 0.163 e. The number of hydrogen-bond acceptors (Lipinski definition) is 4. The van der Waals surface area contributed by atoms with E-state index in [4.69, 9.17) is 15.2 Å². The fourth-order valence-electron chi connectivity index (χ4n) is 4.45. The van der Waals surface area contributed by atoms with Crippen molar-refractivity contribution < 1.29 is 9.47 Å². The molecular formula is C19H28N2O2. The Labute approximate surface area is 138 Å². The predicted octanol–water partition coefficient (Wildman–Crippen LogP) is 3.19. The summed E-state index contributed by atoms with van der Waals surface area (Å²) in [6.45, 7) is 3.55. The minimum absolute atomic E-state index is 0.405. The zero-order valence-corrected chi connectivity index (χ0v) is 13.9. The third kappa shape index (κ3) is 3.27. The Morgan fingerprint density at radius 1 is 1.09 bits per heavy atom. The maximum absolute atomic E-state index is 6.48. The van der Waals surface area contributed by atoms with E-state index >= 15 is 0 Å². The van der Waals surface area contributed by atoms with Gasteiger partial charge in [0.1, 0.15) is 13.2 Å². The van der Waals surface area contributed by atoms with Gasteiger partial charge in [-0.3, -0.25) is 0 Å². The van der Waals surface area contributed by atoms with E-state index < -0.39 is 0 Å². The Hall–Kier alpha value is -1.42. The van der Waals surface area contributed by atoms with Crippen LogP contribution in [0.4, 0.5) is 5.69 Å². The Bertz CT molecular complexity index is 542. The lowest BCUT2D eigenvalue weighted by Crippen LogP contribution is -2.31. The van der Waals surface area contributed by atoms with Gasteiger partial charge in [0, 0.05) is 30.9 Å². The quantitative estimate of drug-likeness (QED) is 0.927. The molecule has 0 aromatic heterocycles. The van der Waals surface area contributed by atoms with Gasteiger partial charge >= 0.3 is 0 Å². The number of ether oxygens (including phenoxy) is 2. The predicted molar refractivity (Wildman–Crippen MR) is 92.3 cm³/mol. The van der Waals surface area contributed by atoms with E-state index in [1.165, 1.54) is 44.2 Å². The highest BCUT2D eigenvalue weighted by atomic mass is 16.6. The average molecular weight is 316 g/mol. The fourth-order valence-corrected chi connectivity index (χ4v) is 4.45. The molecule has 4 heteroatoms. The molecule has 0 amide bonds. The first-order valence-corrected chi connectivity index (χ1v) is 9.20. The molecule has 0 bridgehead atoms. The van der Waals surface area contributed by atoms with Crippen molar-refractivity contribution in [1.29, 1.82) is 0 Å². The molecule has 126 valence electrons. The molecule has 2 aliphatic heterocycles. The highest BCUT2D eigenvalue weighted by Crippen LogP contribution is 2.37. The van der Waals surface area contributed by atoms with Crippen molar-refractivity contribution in [3.05, 3.63) is 18.2 Å². The molecule has 1 saturated heterocycles. The van der Waals surface area contributed by atoms with Gasteiger partial charge in [0.05, 0.1) is 0 Å². The number of anilines is 1. The van der Waals surface area contributed by atoms with Crippen molar-refractivity contribution in [2.24, 2.45) is 17.6 Å². The normalized spacial score (nSPS) is 25.8. The second-order valence-electron chi connectivity index (χ2n) is 7.37. The van der Waals surface area contributed by atoms with Crippen LogP contribution in [0.15, 0.2) is 18.2 Å². The van der Waals surface area contributed by atoms with E-state index in [9.17, 15) is 0 Å². The zero-order valence-electron chi connectivity index (χ0n) is 13.9. The molecule has 2 heterocycles. The van der Waals surface area contributed by atoms with Crippen LogP contribution in [-0.2, 0) is 0 Å². The molecule has 2 unspecified atom stereocenters. The van der Waals surface area contributed by atoms with E-state index in [1.54, 1.807) is 0 Å². The third-order valence-electron chi connectivity index (χ3n) is 5.79. The second-order valence-corrected chi connectivity index (χ2v) is 7.37. The molecule has 1 aliphatic carbocycles. The molecule has 4 rings (SSSR count). The molecular weight excluding hydrogens is 288 g/mol. The molecule has 2 N–H and O–H groups in total. The van der Waals surface area contributed by atoms with Gasteiger partial charge in [0.15, 0.2) is 11.5 Å². The Morgan fingerprint density at radius 2 is 1.87 bits per heavy atom. The lowest BCUT2D eigenvalue weighted by atomic mass is 9.89. The summed E-state index contributed by atoms with van der Waals surface area (Å²) in [7, 11) is 0. The van der Waals surface area contributed by atoms with E-state index in [0.29, 0.717) is 19.3 Å². The van der Waals surface area contributed by atoms with Crippen LogP contribution in [0.3, 0.4) is 0 Å². The molecule has 1 aromatic carbocycles. The maximum Gasteiger partial charge on any atom is 0.163 e. The standard InChI is InChI=1S/C19H28N2O2/c20-17(15-3-1-2-4-15)11-14-7-8-21(13-14)16-5-6-18-19(12-16)23-10-9-22-18/h5-6,12,14-15,17H,1-4,7-11,13,20H2. The summed E-state index contributed by atoms with van der Waals surface area (Å²) >= 11 is 0. The summed E-state index contributed by atoms with van der Waals surface area (Å²) in [5.41, 5.74) is 7.73. The van der Waals surface area contributed by atoms with Crippen LogP contribution < -0.4 is 20.1 Å². The van der Waals surface area contributed by atoms with Gasteiger partial charge in [-0.15, -0.1) is 0 Å². The van der Waals surface area contributed by atoms with Crippen molar-refractivity contribution in [2.75, 3.05) is 31.2 Å². The minimum Gasteiger partial charge on any atom is -0.486 e.